The molecule has 114 valence electrons. The van der Waals surface area contributed by atoms with Crippen LogP contribution in [0.25, 0.3) is 0 Å². The Morgan fingerprint density at radius 2 is 2.38 bits per heavy atom. The number of rotatable bonds is 4. The van der Waals surface area contributed by atoms with Crippen LogP contribution < -0.4 is 5.32 Å². The van der Waals surface area contributed by atoms with E-state index >= 15 is 0 Å². The fraction of sp³-hybridized carbons (Fsp3) is 0.533. The summed E-state index contributed by atoms with van der Waals surface area (Å²) in [7, 11) is 0. The number of anilines is 1. The second-order valence-corrected chi connectivity index (χ2v) is 5.59. The van der Waals surface area contributed by atoms with Crippen molar-refractivity contribution in [2.45, 2.75) is 25.0 Å². The van der Waals surface area contributed by atoms with E-state index < -0.39 is 11.8 Å². The lowest BCUT2D eigenvalue weighted by Gasteiger charge is -2.35. The second-order valence-electron chi connectivity index (χ2n) is 5.59. The molecule has 0 radical (unpaired) electrons. The molecule has 2 atom stereocenters. The smallest absolute Gasteiger partial charge is 0.340 e. The summed E-state index contributed by atoms with van der Waals surface area (Å²) < 4.78 is 19.4. The van der Waals surface area contributed by atoms with E-state index in [4.69, 9.17) is 9.84 Å². The molecule has 2 aliphatic heterocycles. The zero-order chi connectivity index (χ0) is 14.8. The molecule has 0 aliphatic carbocycles. The standard InChI is InChI=1S/C15H19FN2O3/c16-12-4-1-5-13(14(12)15(19)20)17-7-11-8-18-6-2-3-10(18)9-21-11/h1,4-5,10-11,17H,2-3,6-9H2,(H,19,20). The summed E-state index contributed by atoms with van der Waals surface area (Å²) in [6, 6.07) is 4.77. The second kappa shape index (κ2) is 5.99. The Morgan fingerprint density at radius 3 is 3.19 bits per heavy atom. The molecular formula is C15H19FN2O3. The van der Waals surface area contributed by atoms with Crippen molar-refractivity contribution in [3.05, 3.63) is 29.6 Å². The first-order valence-electron chi connectivity index (χ1n) is 7.26. The summed E-state index contributed by atoms with van der Waals surface area (Å²) in [6.45, 7) is 3.15. The number of hydrogen-bond acceptors (Lipinski definition) is 4. The van der Waals surface area contributed by atoms with Crippen molar-refractivity contribution in [3.63, 3.8) is 0 Å². The molecule has 1 aromatic carbocycles. The number of carboxylic acid groups (broad SMARTS) is 1. The first-order chi connectivity index (χ1) is 10.1. The molecular weight excluding hydrogens is 275 g/mol. The molecule has 0 bridgehead atoms. The molecule has 21 heavy (non-hydrogen) atoms. The number of morpholine rings is 1. The number of carbonyl (C=O) groups is 1. The van der Waals surface area contributed by atoms with Gasteiger partial charge in [-0.3, -0.25) is 4.90 Å². The summed E-state index contributed by atoms with van der Waals surface area (Å²) in [5.74, 6) is -1.99. The highest BCUT2D eigenvalue weighted by atomic mass is 19.1. The Morgan fingerprint density at radius 1 is 1.52 bits per heavy atom. The topological polar surface area (TPSA) is 61.8 Å². The van der Waals surface area contributed by atoms with Gasteiger partial charge in [0.15, 0.2) is 0 Å². The predicted octanol–water partition coefficient (Wildman–Crippen LogP) is 1.80. The number of ether oxygens (including phenoxy) is 1. The summed E-state index contributed by atoms with van der Waals surface area (Å²) in [5.41, 5.74) is -0.0120. The van der Waals surface area contributed by atoms with Crippen LogP contribution in [0.1, 0.15) is 23.2 Å². The molecule has 0 saturated carbocycles. The Balaban J connectivity index is 1.63. The Bertz CT molecular complexity index is 538. The molecule has 5 nitrogen and oxygen atoms in total. The van der Waals surface area contributed by atoms with Crippen molar-refractivity contribution in [1.29, 1.82) is 0 Å². The molecule has 6 heteroatoms. The fourth-order valence-corrected chi connectivity index (χ4v) is 3.12. The molecule has 1 aromatic rings. The molecule has 2 N–H and O–H groups in total. The Hall–Kier alpha value is -1.66. The van der Waals surface area contributed by atoms with E-state index in [-0.39, 0.29) is 11.7 Å². The molecule has 3 rings (SSSR count). The lowest BCUT2D eigenvalue weighted by molar-refractivity contribution is -0.0415. The van der Waals surface area contributed by atoms with Gasteiger partial charge in [-0.1, -0.05) is 6.07 Å². The van der Waals surface area contributed by atoms with Crippen molar-refractivity contribution in [2.24, 2.45) is 0 Å². The third-order valence-corrected chi connectivity index (χ3v) is 4.21. The highest BCUT2D eigenvalue weighted by Gasteiger charge is 2.32. The van der Waals surface area contributed by atoms with Crippen molar-refractivity contribution in [1.82, 2.24) is 4.90 Å². The van der Waals surface area contributed by atoms with E-state index in [1.807, 2.05) is 0 Å². The summed E-state index contributed by atoms with van der Waals surface area (Å²) in [5, 5.41) is 12.1. The molecule has 0 amide bonds. The van der Waals surface area contributed by atoms with Gasteiger partial charge >= 0.3 is 5.97 Å². The zero-order valence-corrected chi connectivity index (χ0v) is 11.7. The number of hydrogen-bond donors (Lipinski definition) is 2. The minimum absolute atomic E-state index is 0.00395. The van der Waals surface area contributed by atoms with Gasteiger partial charge in [-0.05, 0) is 31.5 Å². The summed E-state index contributed by atoms with van der Waals surface area (Å²) in [6.07, 6.45) is 2.40. The first-order valence-corrected chi connectivity index (χ1v) is 7.26. The minimum Gasteiger partial charge on any atom is -0.478 e. The number of carboxylic acids is 1. The van der Waals surface area contributed by atoms with Gasteiger partial charge < -0.3 is 15.2 Å². The maximum atomic E-state index is 13.6. The highest BCUT2D eigenvalue weighted by molar-refractivity contribution is 5.94. The quantitative estimate of drug-likeness (QED) is 0.886. The average Bonchev–Trinajstić information content (AvgIpc) is 2.92. The van der Waals surface area contributed by atoms with Crippen LogP contribution in [0.15, 0.2) is 18.2 Å². The first kappa shape index (κ1) is 14.3. The lowest BCUT2D eigenvalue weighted by Crippen LogP contribution is -2.48. The number of nitrogens with one attached hydrogen (secondary N) is 1. The van der Waals surface area contributed by atoms with Crippen LogP contribution in [0.4, 0.5) is 10.1 Å². The van der Waals surface area contributed by atoms with Crippen LogP contribution in [-0.2, 0) is 4.74 Å². The maximum Gasteiger partial charge on any atom is 0.340 e. The van der Waals surface area contributed by atoms with Gasteiger partial charge in [0.2, 0.25) is 0 Å². The molecule has 0 spiro atoms. The number of benzene rings is 1. The molecule has 0 aromatic heterocycles. The highest BCUT2D eigenvalue weighted by Crippen LogP contribution is 2.24. The molecule has 2 aliphatic rings. The number of aromatic carboxylic acids is 1. The van der Waals surface area contributed by atoms with Gasteiger partial charge in [0.1, 0.15) is 11.4 Å². The van der Waals surface area contributed by atoms with Crippen molar-refractivity contribution < 1.29 is 19.0 Å². The van der Waals surface area contributed by atoms with Crippen LogP contribution in [0.2, 0.25) is 0 Å². The van der Waals surface area contributed by atoms with E-state index in [9.17, 15) is 9.18 Å². The van der Waals surface area contributed by atoms with E-state index in [2.05, 4.69) is 10.2 Å². The van der Waals surface area contributed by atoms with Crippen LogP contribution in [0.3, 0.4) is 0 Å². The fourth-order valence-electron chi connectivity index (χ4n) is 3.12. The van der Waals surface area contributed by atoms with E-state index in [1.54, 1.807) is 6.07 Å². The van der Waals surface area contributed by atoms with Crippen LogP contribution >= 0.6 is 0 Å². The van der Waals surface area contributed by atoms with E-state index in [0.29, 0.717) is 18.3 Å². The third kappa shape index (κ3) is 3.01. The largest absolute Gasteiger partial charge is 0.478 e. The lowest BCUT2D eigenvalue weighted by atomic mass is 10.1. The maximum absolute atomic E-state index is 13.6. The minimum atomic E-state index is -1.26. The summed E-state index contributed by atoms with van der Waals surface area (Å²) >= 11 is 0. The Kier molecular flexibility index (Phi) is 4.07. The van der Waals surface area contributed by atoms with Crippen molar-refractivity contribution in [2.75, 3.05) is 31.6 Å². The van der Waals surface area contributed by atoms with Gasteiger partial charge in [-0.15, -0.1) is 0 Å². The number of nitrogens with zero attached hydrogens (tertiary/aromatic N) is 1. The van der Waals surface area contributed by atoms with Crippen molar-refractivity contribution in [3.8, 4) is 0 Å². The zero-order valence-electron chi connectivity index (χ0n) is 11.7. The molecule has 2 unspecified atom stereocenters. The Labute approximate surface area is 122 Å². The van der Waals surface area contributed by atoms with Gasteiger partial charge in [0, 0.05) is 19.1 Å². The van der Waals surface area contributed by atoms with Gasteiger partial charge in [-0.2, -0.15) is 0 Å². The van der Waals surface area contributed by atoms with Gasteiger partial charge in [0.05, 0.1) is 18.4 Å². The van der Waals surface area contributed by atoms with Gasteiger partial charge in [0.25, 0.3) is 0 Å². The predicted molar refractivity (Wildman–Crippen MR) is 76.2 cm³/mol. The SMILES string of the molecule is O=C(O)c1c(F)cccc1NCC1CN2CCCC2CO1. The monoisotopic (exact) mass is 294 g/mol. The molecule has 2 saturated heterocycles. The average molecular weight is 294 g/mol. The summed E-state index contributed by atoms with van der Waals surface area (Å²) in [4.78, 5) is 13.5. The molecule has 2 fully saturated rings. The number of halogens is 1. The van der Waals surface area contributed by atoms with Gasteiger partial charge in [-0.25, -0.2) is 9.18 Å². The van der Waals surface area contributed by atoms with Crippen molar-refractivity contribution >= 4 is 11.7 Å². The number of fused-ring (bicyclic) bond motifs is 1. The van der Waals surface area contributed by atoms with E-state index in [0.717, 1.165) is 25.8 Å². The van der Waals surface area contributed by atoms with Crippen LogP contribution in [0, 0.1) is 5.82 Å². The van der Waals surface area contributed by atoms with E-state index in [1.165, 1.54) is 18.9 Å². The normalized spacial score (nSPS) is 25.6. The third-order valence-electron chi connectivity index (χ3n) is 4.21. The van der Waals surface area contributed by atoms with Crippen LogP contribution in [-0.4, -0.2) is 54.4 Å². The molecule has 2 heterocycles. The van der Waals surface area contributed by atoms with Crippen LogP contribution in [0.5, 0.6) is 0 Å².